The summed E-state index contributed by atoms with van der Waals surface area (Å²) in [5, 5.41) is 28.3. The molecule has 4 N–H and O–H groups in total. The molecule has 0 unspecified atom stereocenters. The quantitative estimate of drug-likeness (QED) is 0.420. The van der Waals surface area contributed by atoms with Crippen molar-refractivity contribution in [1.29, 1.82) is 0 Å². The number of carbonyl (C=O) groups is 1. The van der Waals surface area contributed by atoms with Crippen LogP contribution in [0.15, 0.2) is 27.9 Å². The third-order valence-electron chi connectivity index (χ3n) is 3.35. The molecule has 0 fully saturated rings. The number of rotatable bonds is 5. The van der Waals surface area contributed by atoms with E-state index in [-0.39, 0.29) is 23.1 Å². The fourth-order valence-corrected chi connectivity index (χ4v) is 2.08. The van der Waals surface area contributed by atoms with Crippen molar-refractivity contribution >= 4 is 17.9 Å². The Labute approximate surface area is 146 Å². The maximum atomic E-state index is 12.4. The van der Waals surface area contributed by atoms with Gasteiger partial charge in [0.1, 0.15) is 11.5 Å². The summed E-state index contributed by atoms with van der Waals surface area (Å²) in [6.07, 6.45) is 1.27. The van der Waals surface area contributed by atoms with Crippen molar-refractivity contribution in [2.45, 2.75) is 6.92 Å². The van der Waals surface area contributed by atoms with E-state index in [0.717, 1.165) is 4.68 Å². The lowest BCUT2D eigenvalue weighted by atomic mass is 10.2. The van der Waals surface area contributed by atoms with Crippen LogP contribution in [0.3, 0.4) is 0 Å². The van der Waals surface area contributed by atoms with Gasteiger partial charge in [0, 0.05) is 5.56 Å². The van der Waals surface area contributed by atoms with Gasteiger partial charge in [-0.1, -0.05) is 5.21 Å². The second-order valence-corrected chi connectivity index (χ2v) is 5.03. The number of hydrazone groups is 1. The first-order chi connectivity index (χ1) is 12.5. The van der Waals surface area contributed by atoms with Crippen molar-refractivity contribution in [1.82, 2.24) is 30.7 Å². The molecule has 12 nitrogen and oxygen atoms in total. The lowest BCUT2D eigenvalue weighted by molar-refractivity contribution is 0.0946. The Morgan fingerprint density at radius 3 is 2.96 bits per heavy atom. The normalized spacial score (nSPS) is 11.0. The van der Waals surface area contributed by atoms with Gasteiger partial charge in [0.15, 0.2) is 5.69 Å². The number of phenols is 1. The number of carbonyl (C=O) groups excluding carboxylic acids is 1. The molecule has 0 saturated carbocycles. The summed E-state index contributed by atoms with van der Waals surface area (Å²) in [6, 6.07) is 4.60. The smallest absolute Gasteiger partial charge is 0.292 e. The molecular formula is C14H14N8O4. The summed E-state index contributed by atoms with van der Waals surface area (Å²) in [6.45, 7) is 1.58. The first kappa shape index (κ1) is 16.9. The molecule has 12 heteroatoms. The first-order valence-electron chi connectivity index (χ1n) is 7.22. The molecule has 1 amide bonds. The van der Waals surface area contributed by atoms with Crippen LogP contribution in [0, 0.1) is 6.92 Å². The molecule has 0 aliphatic carbocycles. The number of methoxy groups -OCH3 is 1. The molecule has 0 bridgehead atoms. The number of aromatic nitrogens is 5. The lowest BCUT2D eigenvalue weighted by Gasteiger charge is -2.04. The molecule has 0 saturated heterocycles. The molecule has 0 aliphatic heterocycles. The van der Waals surface area contributed by atoms with Gasteiger partial charge in [-0.05, 0) is 35.4 Å². The summed E-state index contributed by atoms with van der Waals surface area (Å²) in [5.74, 6) is -0.122. The third-order valence-corrected chi connectivity index (χ3v) is 3.35. The van der Waals surface area contributed by atoms with Crippen LogP contribution in [0.4, 0.5) is 5.82 Å². The largest absolute Gasteiger partial charge is 0.507 e. The number of hydrogen-bond acceptors (Lipinski definition) is 10. The Balaban J connectivity index is 1.82. The van der Waals surface area contributed by atoms with Gasteiger partial charge in [-0.3, -0.25) is 4.79 Å². The summed E-state index contributed by atoms with van der Waals surface area (Å²) in [5.41, 5.74) is 8.67. The number of nitrogen functional groups attached to an aromatic ring is 1. The zero-order valence-corrected chi connectivity index (χ0v) is 13.7. The van der Waals surface area contributed by atoms with Crippen molar-refractivity contribution in [3.63, 3.8) is 0 Å². The van der Waals surface area contributed by atoms with Gasteiger partial charge < -0.3 is 15.6 Å². The van der Waals surface area contributed by atoms with Crippen LogP contribution in [0.5, 0.6) is 11.5 Å². The van der Waals surface area contributed by atoms with Crippen molar-refractivity contribution < 1.29 is 19.3 Å². The van der Waals surface area contributed by atoms with E-state index in [1.807, 2.05) is 0 Å². The molecule has 1 aromatic carbocycles. The summed E-state index contributed by atoms with van der Waals surface area (Å²) < 4.78 is 10.7. The Kier molecular flexibility index (Phi) is 4.47. The van der Waals surface area contributed by atoms with Crippen LogP contribution in [0.2, 0.25) is 0 Å². The van der Waals surface area contributed by atoms with Crippen LogP contribution >= 0.6 is 0 Å². The van der Waals surface area contributed by atoms with Gasteiger partial charge in [-0.25, -0.2) is 10.1 Å². The fraction of sp³-hybridized carbons (Fsp3) is 0.143. The van der Waals surface area contributed by atoms with Gasteiger partial charge in [0.25, 0.3) is 5.91 Å². The van der Waals surface area contributed by atoms with Crippen molar-refractivity contribution in [2.75, 3.05) is 12.8 Å². The number of amides is 1. The second kappa shape index (κ2) is 6.88. The molecule has 0 spiro atoms. The topological polar surface area (TPSA) is 167 Å². The highest BCUT2D eigenvalue weighted by Gasteiger charge is 2.22. The summed E-state index contributed by atoms with van der Waals surface area (Å²) in [7, 11) is 1.50. The highest BCUT2D eigenvalue weighted by molar-refractivity contribution is 5.95. The van der Waals surface area contributed by atoms with Crippen molar-refractivity contribution in [3.05, 3.63) is 35.2 Å². The summed E-state index contributed by atoms with van der Waals surface area (Å²) in [4.78, 5) is 12.4. The monoisotopic (exact) mass is 358 g/mol. The predicted molar refractivity (Wildman–Crippen MR) is 88.1 cm³/mol. The van der Waals surface area contributed by atoms with E-state index in [9.17, 15) is 9.90 Å². The SMILES string of the molecule is COc1ccc(O)c(/C=N\NC(=O)c2c(C)nnn2-c2nonc2N)c1. The number of aryl methyl sites for hydroxylation is 1. The van der Waals surface area contributed by atoms with Crippen LogP contribution in [-0.2, 0) is 0 Å². The maximum absolute atomic E-state index is 12.4. The van der Waals surface area contributed by atoms with Crippen LogP contribution in [0.1, 0.15) is 21.7 Å². The van der Waals surface area contributed by atoms with E-state index < -0.39 is 5.91 Å². The zero-order valence-electron chi connectivity index (χ0n) is 13.7. The number of hydrogen-bond donors (Lipinski definition) is 3. The lowest BCUT2D eigenvalue weighted by Crippen LogP contribution is -2.22. The van der Waals surface area contributed by atoms with Crippen LogP contribution in [-0.4, -0.2) is 49.6 Å². The molecular weight excluding hydrogens is 344 g/mol. The molecule has 3 aromatic rings. The molecule has 2 aromatic heterocycles. The molecule has 26 heavy (non-hydrogen) atoms. The highest BCUT2D eigenvalue weighted by atomic mass is 16.6. The van der Waals surface area contributed by atoms with Gasteiger partial charge in [0.05, 0.1) is 19.0 Å². The van der Waals surface area contributed by atoms with E-state index in [1.165, 1.54) is 19.4 Å². The molecule has 0 atom stereocenters. The Morgan fingerprint density at radius 2 is 2.27 bits per heavy atom. The van der Waals surface area contributed by atoms with Crippen LogP contribution < -0.4 is 15.9 Å². The molecule has 2 heterocycles. The van der Waals surface area contributed by atoms with E-state index in [0.29, 0.717) is 17.0 Å². The number of nitrogens with two attached hydrogens (primary N) is 1. The van der Waals surface area contributed by atoms with E-state index in [2.05, 4.69) is 35.8 Å². The number of phenolic OH excluding ortho intramolecular Hbond substituents is 1. The average Bonchev–Trinajstić information content (AvgIpc) is 3.21. The third kappa shape index (κ3) is 3.15. The minimum Gasteiger partial charge on any atom is -0.507 e. The number of nitrogens with zero attached hydrogens (tertiary/aromatic N) is 6. The van der Waals surface area contributed by atoms with Gasteiger partial charge in [-0.2, -0.15) is 9.78 Å². The predicted octanol–water partition coefficient (Wildman–Crippen LogP) is 0.0190. The Bertz CT molecular complexity index is 977. The van der Waals surface area contributed by atoms with E-state index >= 15 is 0 Å². The van der Waals surface area contributed by atoms with Crippen molar-refractivity contribution in [2.24, 2.45) is 5.10 Å². The maximum Gasteiger partial charge on any atom is 0.292 e. The first-order valence-corrected chi connectivity index (χ1v) is 7.22. The second-order valence-electron chi connectivity index (χ2n) is 5.03. The number of ether oxygens (including phenoxy) is 1. The fourth-order valence-electron chi connectivity index (χ4n) is 2.08. The molecule has 3 rings (SSSR count). The van der Waals surface area contributed by atoms with E-state index in [1.54, 1.807) is 19.1 Å². The minimum atomic E-state index is -0.617. The standard InChI is InChI=1S/C14H14N8O4/c1-7-11(22(21-17-7)13-12(15)19-26-20-13)14(24)18-16-6-8-5-9(25-2)3-4-10(8)23/h3-6,23H,1-2H3,(H2,15,19)(H,18,24)/b16-6-. The van der Waals surface area contributed by atoms with E-state index in [4.69, 9.17) is 10.5 Å². The van der Waals surface area contributed by atoms with Gasteiger partial charge in [0.2, 0.25) is 11.6 Å². The molecule has 134 valence electrons. The van der Waals surface area contributed by atoms with Gasteiger partial charge >= 0.3 is 0 Å². The molecule has 0 radical (unpaired) electrons. The number of aromatic hydroxyl groups is 1. The Hall–Kier alpha value is -3.96. The highest BCUT2D eigenvalue weighted by Crippen LogP contribution is 2.21. The number of benzene rings is 1. The van der Waals surface area contributed by atoms with Crippen molar-refractivity contribution in [3.8, 4) is 17.3 Å². The average molecular weight is 358 g/mol. The van der Waals surface area contributed by atoms with Gasteiger partial charge in [-0.15, -0.1) is 5.10 Å². The summed E-state index contributed by atoms with van der Waals surface area (Å²) >= 11 is 0. The zero-order chi connectivity index (χ0) is 18.7. The Morgan fingerprint density at radius 1 is 1.46 bits per heavy atom. The molecule has 0 aliphatic rings. The minimum absolute atomic E-state index is 0.0202. The van der Waals surface area contributed by atoms with Crippen LogP contribution in [0.25, 0.3) is 5.82 Å². The number of anilines is 1. The number of nitrogens with one attached hydrogen (secondary N) is 1.